The number of aliphatic imine (C=N–C) groups is 1. The summed E-state index contributed by atoms with van der Waals surface area (Å²) in [6, 6.07) is 10.2. The summed E-state index contributed by atoms with van der Waals surface area (Å²) in [6.07, 6.45) is 6.72. The Balaban J connectivity index is 1.24. The number of carbonyl (C=O) groups is 2. The summed E-state index contributed by atoms with van der Waals surface area (Å²) in [5.41, 5.74) is 18.8. The predicted octanol–water partition coefficient (Wildman–Crippen LogP) is 3.01. The Morgan fingerprint density at radius 2 is 1.80 bits per heavy atom. The fraction of sp³-hybridized carbons (Fsp3) is 0.235. The van der Waals surface area contributed by atoms with E-state index in [0.29, 0.717) is 34.9 Å². The second-order valence-corrected chi connectivity index (χ2v) is 11.1. The van der Waals surface area contributed by atoms with Gasteiger partial charge < -0.3 is 42.6 Å². The van der Waals surface area contributed by atoms with Gasteiger partial charge in [-0.2, -0.15) is 4.39 Å². The smallest absolute Gasteiger partial charge is 0.251 e. The average Bonchev–Trinajstić information content (AvgIpc) is 3.57. The second kappa shape index (κ2) is 16.4. The van der Waals surface area contributed by atoms with Crippen LogP contribution in [0.3, 0.4) is 0 Å². The molecule has 3 heterocycles. The van der Waals surface area contributed by atoms with Gasteiger partial charge in [0.2, 0.25) is 17.6 Å². The summed E-state index contributed by atoms with van der Waals surface area (Å²) in [5, 5.41) is 8.68. The number of rotatable bonds is 15. The van der Waals surface area contributed by atoms with Gasteiger partial charge in [-0.05, 0) is 54.8 Å². The molecule has 0 spiro atoms. The number of ether oxygens (including phenoxy) is 2. The minimum Gasteiger partial charge on any atom is -0.495 e. The van der Waals surface area contributed by atoms with E-state index >= 15 is 8.78 Å². The number of fused-ring (bicyclic) bond motifs is 1. The van der Waals surface area contributed by atoms with Gasteiger partial charge in [0, 0.05) is 54.9 Å². The van der Waals surface area contributed by atoms with Crippen LogP contribution in [0.4, 0.5) is 20.3 Å². The fourth-order valence-corrected chi connectivity index (χ4v) is 5.05. The lowest BCUT2D eigenvalue weighted by atomic mass is 10.0. The maximum absolute atomic E-state index is 15.4. The van der Waals surface area contributed by atoms with Crippen molar-refractivity contribution in [2.24, 2.45) is 22.2 Å². The van der Waals surface area contributed by atoms with E-state index in [9.17, 15) is 9.59 Å². The van der Waals surface area contributed by atoms with Gasteiger partial charge >= 0.3 is 0 Å². The summed E-state index contributed by atoms with van der Waals surface area (Å²) >= 11 is 0. The molecule has 5 rings (SSSR count). The molecule has 1 atom stereocenters. The van der Waals surface area contributed by atoms with Crippen LogP contribution in [-0.2, 0) is 11.2 Å². The standard InChI is InChI=1S/C34H37F2N11O4/c1-3-19-16-20(4-6-22(19)32(48)41-12-13-42-33(49)24(37)10-11-43-34(38)39)46-30-31-45-18-25(47(31)15-14-40-30)23-7-8-26(29(36)28(23)35)51-27-9-5-21(50-2)17-44-27/h4-9,14-18,24H,3,10-13,37H2,1-2H3,(H,40,46)(H,41,48)(H,42,49)(H4,38,39,43)/t24-/m1/s1. The lowest BCUT2D eigenvalue weighted by molar-refractivity contribution is -0.122. The van der Waals surface area contributed by atoms with Gasteiger partial charge in [0.05, 0.1) is 31.2 Å². The third kappa shape index (κ3) is 8.63. The molecule has 2 aromatic carbocycles. The Morgan fingerprint density at radius 3 is 2.53 bits per heavy atom. The third-order valence-corrected chi connectivity index (χ3v) is 7.68. The molecule has 0 saturated carbocycles. The number of pyridine rings is 1. The van der Waals surface area contributed by atoms with Crippen LogP contribution in [0.15, 0.2) is 72.2 Å². The molecule has 3 aromatic heterocycles. The Bertz CT molecular complexity index is 2050. The molecule has 0 radical (unpaired) electrons. The first-order chi connectivity index (χ1) is 24.6. The van der Waals surface area contributed by atoms with E-state index in [4.69, 9.17) is 26.7 Å². The van der Waals surface area contributed by atoms with E-state index in [2.05, 4.69) is 35.9 Å². The first-order valence-corrected chi connectivity index (χ1v) is 15.8. The van der Waals surface area contributed by atoms with Crippen LogP contribution in [0.2, 0.25) is 0 Å². The van der Waals surface area contributed by atoms with Crippen LogP contribution in [-0.4, -0.2) is 69.9 Å². The normalized spacial score (nSPS) is 11.5. The van der Waals surface area contributed by atoms with Crippen LogP contribution in [0.25, 0.3) is 16.9 Å². The number of aromatic nitrogens is 4. The van der Waals surface area contributed by atoms with Crippen molar-refractivity contribution in [3.63, 3.8) is 0 Å². The van der Waals surface area contributed by atoms with Gasteiger partial charge in [-0.25, -0.2) is 19.3 Å². The highest BCUT2D eigenvalue weighted by Gasteiger charge is 2.21. The Hall–Kier alpha value is -6.36. The van der Waals surface area contributed by atoms with Gasteiger partial charge in [0.25, 0.3) is 5.91 Å². The summed E-state index contributed by atoms with van der Waals surface area (Å²) in [4.78, 5) is 41.8. The maximum atomic E-state index is 15.4. The molecular weight excluding hydrogens is 664 g/mol. The van der Waals surface area contributed by atoms with E-state index in [-0.39, 0.29) is 66.7 Å². The number of benzene rings is 2. The van der Waals surface area contributed by atoms with Crippen molar-refractivity contribution >= 4 is 34.9 Å². The lowest BCUT2D eigenvalue weighted by Crippen LogP contribution is -2.44. The number of hydrogen-bond acceptors (Lipinski definition) is 10. The third-order valence-electron chi connectivity index (χ3n) is 7.68. The van der Waals surface area contributed by atoms with Crippen LogP contribution in [0, 0.1) is 11.6 Å². The SMILES string of the molecule is CCc1cc(Nc2nccn3c(-c4ccc(Oc5ccc(OC)cn5)c(F)c4F)cnc23)ccc1C(=O)NCCNC(=O)[C@H](N)CCN=C(N)N. The molecule has 0 saturated heterocycles. The zero-order chi connectivity index (χ0) is 36.5. The number of halogens is 2. The number of carbonyl (C=O) groups excluding carboxylic acids is 2. The Labute approximate surface area is 291 Å². The summed E-state index contributed by atoms with van der Waals surface area (Å²) in [6.45, 7) is 2.50. The van der Waals surface area contributed by atoms with Crippen molar-refractivity contribution in [2.45, 2.75) is 25.8 Å². The number of amides is 2. The first kappa shape index (κ1) is 35.9. The van der Waals surface area contributed by atoms with E-state index in [1.807, 2.05) is 13.0 Å². The number of nitrogens with zero attached hydrogens (tertiary/aromatic N) is 5. The highest BCUT2D eigenvalue weighted by atomic mass is 19.2. The van der Waals surface area contributed by atoms with Crippen LogP contribution >= 0.6 is 0 Å². The Morgan fingerprint density at radius 1 is 1.00 bits per heavy atom. The van der Waals surface area contributed by atoms with Crippen LogP contribution in [0.5, 0.6) is 17.4 Å². The van der Waals surface area contributed by atoms with Crippen molar-refractivity contribution in [3.8, 4) is 28.6 Å². The van der Waals surface area contributed by atoms with E-state index in [0.717, 1.165) is 5.56 Å². The molecule has 0 fully saturated rings. The van der Waals surface area contributed by atoms with Crippen molar-refractivity contribution in [1.29, 1.82) is 0 Å². The molecule has 2 amide bonds. The molecule has 0 aliphatic heterocycles. The Kier molecular flexibility index (Phi) is 11.5. The molecule has 0 bridgehead atoms. The number of nitrogens with two attached hydrogens (primary N) is 3. The average molecular weight is 702 g/mol. The van der Waals surface area contributed by atoms with Crippen molar-refractivity contribution < 1.29 is 27.8 Å². The monoisotopic (exact) mass is 701 g/mol. The largest absolute Gasteiger partial charge is 0.495 e. The highest BCUT2D eigenvalue weighted by Crippen LogP contribution is 2.33. The highest BCUT2D eigenvalue weighted by molar-refractivity contribution is 5.96. The van der Waals surface area contributed by atoms with E-state index in [1.54, 1.807) is 28.8 Å². The number of imidazole rings is 1. The maximum Gasteiger partial charge on any atom is 0.251 e. The van der Waals surface area contributed by atoms with Gasteiger partial charge in [0.15, 0.2) is 29.0 Å². The van der Waals surface area contributed by atoms with Crippen LogP contribution < -0.4 is 42.6 Å². The van der Waals surface area contributed by atoms with Crippen molar-refractivity contribution in [2.75, 3.05) is 32.1 Å². The second-order valence-electron chi connectivity index (χ2n) is 11.1. The van der Waals surface area contributed by atoms with E-state index < -0.39 is 17.7 Å². The molecule has 266 valence electrons. The summed E-state index contributed by atoms with van der Waals surface area (Å²) in [7, 11) is 1.48. The number of nitrogens with one attached hydrogen (secondary N) is 3. The van der Waals surface area contributed by atoms with E-state index in [1.165, 1.54) is 43.9 Å². The van der Waals surface area contributed by atoms with Gasteiger partial charge in [-0.1, -0.05) is 6.92 Å². The van der Waals surface area contributed by atoms with Crippen molar-refractivity contribution in [3.05, 3.63) is 90.0 Å². The lowest BCUT2D eigenvalue weighted by Gasteiger charge is -2.14. The zero-order valence-electron chi connectivity index (χ0n) is 27.8. The predicted molar refractivity (Wildman–Crippen MR) is 187 cm³/mol. The molecular formula is C34H37F2N11O4. The molecule has 9 N–H and O–H groups in total. The molecule has 17 heteroatoms. The van der Waals surface area contributed by atoms with Gasteiger partial charge in [-0.3, -0.25) is 19.0 Å². The number of methoxy groups -OCH3 is 1. The summed E-state index contributed by atoms with van der Waals surface area (Å²) < 4.78 is 42.6. The molecule has 15 nitrogen and oxygen atoms in total. The van der Waals surface area contributed by atoms with Gasteiger partial charge in [0.1, 0.15) is 5.75 Å². The molecule has 51 heavy (non-hydrogen) atoms. The molecule has 5 aromatic rings. The number of guanidine groups is 1. The first-order valence-electron chi connectivity index (χ1n) is 15.8. The molecule has 0 aliphatic carbocycles. The number of anilines is 2. The zero-order valence-corrected chi connectivity index (χ0v) is 27.8. The minimum absolute atomic E-state index is 0.0407. The minimum atomic E-state index is -1.19. The van der Waals surface area contributed by atoms with Gasteiger partial charge in [-0.15, -0.1) is 0 Å². The number of hydrogen-bond donors (Lipinski definition) is 6. The quantitative estimate of drug-likeness (QED) is 0.0529. The van der Waals surface area contributed by atoms with Crippen molar-refractivity contribution in [1.82, 2.24) is 30.0 Å². The summed E-state index contributed by atoms with van der Waals surface area (Å²) in [5.74, 6) is -2.50. The number of aryl methyl sites for hydroxylation is 1. The molecule has 0 unspecified atom stereocenters. The topological polar surface area (TPSA) is 222 Å². The van der Waals surface area contributed by atoms with Crippen LogP contribution in [0.1, 0.15) is 29.3 Å². The molecule has 0 aliphatic rings. The fourth-order valence-electron chi connectivity index (χ4n) is 5.05.